The van der Waals surface area contributed by atoms with Gasteiger partial charge in [0.05, 0.1) is 5.75 Å². The minimum Gasteiger partial charge on any atom is -0.366 e. The van der Waals surface area contributed by atoms with Crippen LogP contribution in [0.3, 0.4) is 0 Å². The van der Waals surface area contributed by atoms with Gasteiger partial charge in [-0.3, -0.25) is 9.52 Å². The summed E-state index contributed by atoms with van der Waals surface area (Å²) in [5.74, 6) is -0.0772. The van der Waals surface area contributed by atoms with Crippen molar-refractivity contribution in [1.29, 1.82) is 0 Å². The standard InChI is InChI=1S/C11H15ClN2O3S/c12-7-1-2-8-18(16,17)14-10-5-3-9(4-6-10)11(13)15/h3-6,14H,1-2,7-8H2,(H2,13,15). The molecule has 3 N–H and O–H groups in total. The van der Waals surface area contributed by atoms with Crippen LogP contribution in [0, 0.1) is 0 Å². The van der Waals surface area contributed by atoms with Crippen molar-refractivity contribution in [2.75, 3.05) is 16.4 Å². The Morgan fingerprint density at radius 2 is 1.83 bits per heavy atom. The molecule has 5 nitrogen and oxygen atoms in total. The summed E-state index contributed by atoms with van der Waals surface area (Å²) in [7, 11) is -3.36. The third-order valence-corrected chi connectivity index (χ3v) is 3.88. The molecular formula is C11H15ClN2O3S. The van der Waals surface area contributed by atoms with Crippen LogP contribution in [0.1, 0.15) is 23.2 Å². The van der Waals surface area contributed by atoms with Gasteiger partial charge in [-0.15, -0.1) is 11.6 Å². The summed E-state index contributed by atoms with van der Waals surface area (Å²) in [5, 5.41) is 0. The fourth-order valence-corrected chi connectivity index (χ4v) is 2.69. The Balaban J connectivity index is 2.63. The largest absolute Gasteiger partial charge is 0.366 e. The maximum absolute atomic E-state index is 11.6. The van der Waals surface area contributed by atoms with E-state index in [0.29, 0.717) is 30.0 Å². The summed E-state index contributed by atoms with van der Waals surface area (Å²) < 4.78 is 25.7. The van der Waals surface area contributed by atoms with Crippen molar-refractivity contribution in [2.45, 2.75) is 12.8 Å². The highest BCUT2D eigenvalue weighted by molar-refractivity contribution is 7.92. The fraction of sp³-hybridized carbons (Fsp3) is 0.364. The van der Waals surface area contributed by atoms with Crippen LogP contribution >= 0.6 is 11.6 Å². The lowest BCUT2D eigenvalue weighted by Crippen LogP contribution is -2.17. The molecule has 100 valence electrons. The monoisotopic (exact) mass is 290 g/mol. The van der Waals surface area contributed by atoms with Crippen molar-refractivity contribution in [3.8, 4) is 0 Å². The molecule has 0 heterocycles. The number of nitrogens with one attached hydrogen (secondary N) is 1. The lowest BCUT2D eigenvalue weighted by Gasteiger charge is -2.07. The van der Waals surface area contributed by atoms with Crippen LogP contribution in [0.2, 0.25) is 0 Å². The number of unbranched alkanes of at least 4 members (excludes halogenated alkanes) is 1. The highest BCUT2D eigenvalue weighted by Crippen LogP contribution is 2.12. The second-order valence-electron chi connectivity index (χ2n) is 3.76. The van der Waals surface area contributed by atoms with E-state index in [1.54, 1.807) is 0 Å². The van der Waals surface area contributed by atoms with Gasteiger partial charge in [0.1, 0.15) is 0 Å². The van der Waals surface area contributed by atoms with Crippen LogP contribution in [0.4, 0.5) is 5.69 Å². The van der Waals surface area contributed by atoms with Gasteiger partial charge in [-0.2, -0.15) is 0 Å². The Hall–Kier alpha value is -1.27. The SMILES string of the molecule is NC(=O)c1ccc(NS(=O)(=O)CCCCCl)cc1. The van der Waals surface area contributed by atoms with Gasteiger partial charge in [-0.25, -0.2) is 8.42 Å². The molecule has 0 aromatic heterocycles. The molecule has 1 aromatic carbocycles. The zero-order valence-corrected chi connectivity index (χ0v) is 11.3. The molecule has 0 bridgehead atoms. The van der Waals surface area contributed by atoms with Gasteiger partial charge in [0.2, 0.25) is 15.9 Å². The number of halogens is 1. The van der Waals surface area contributed by atoms with Crippen LogP contribution < -0.4 is 10.5 Å². The molecule has 0 aliphatic rings. The van der Waals surface area contributed by atoms with Gasteiger partial charge in [0.15, 0.2) is 0 Å². The van der Waals surface area contributed by atoms with E-state index in [9.17, 15) is 13.2 Å². The molecule has 0 aliphatic heterocycles. The van der Waals surface area contributed by atoms with E-state index < -0.39 is 15.9 Å². The van der Waals surface area contributed by atoms with E-state index in [2.05, 4.69) is 4.72 Å². The molecule has 0 unspecified atom stereocenters. The molecule has 1 aromatic rings. The number of alkyl halides is 1. The molecule has 1 rings (SSSR count). The van der Waals surface area contributed by atoms with Crippen molar-refractivity contribution in [2.24, 2.45) is 5.73 Å². The summed E-state index contributed by atoms with van der Waals surface area (Å²) in [6.07, 6.45) is 1.17. The van der Waals surface area contributed by atoms with E-state index in [1.807, 2.05) is 0 Å². The lowest BCUT2D eigenvalue weighted by molar-refractivity contribution is 0.100. The molecular weight excluding hydrogens is 276 g/mol. The number of carbonyl (C=O) groups excluding carboxylic acids is 1. The van der Waals surface area contributed by atoms with Gasteiger partial charge < -0.3 is 5.73 Å². The normalized spacial score (nSPS) is 11.2. The Labute approximate surface area is 111 Å². The minimum atomic E-state index is -3.36. The maximum Gasteiger partial charge on any atom is 0.248 e. The minimum absolute atomic E-state index is 0.0251. The van der Waals surface area contributed by atoms with Crippen molar-refractivity contribution in [3.63, 3.8) is 0 Å². The van der Waals surface area contributed by atoms with Gasteiger partial charge >= 0.3 is 0 Å². The second kappa shape index (κ2) is 6.61. The predicted octanol–water partition coefficient (Wildman–Crippen LogP) is 1.55. The Morgan fingerprint density at radius 1 is 1.22 bits per heavy atom. The smallest absolute Gasteiger partial charge is 0.248 e. The van der Waals surface area contributed by atoms with Crippen LogP contribution in [0.5, 0.6) is 0 Å². The zero-order valence-electron chi connectivity index (χ0n) is 9.73. The Kier molecular flexibility index (Phi) is 5.43. The number of rotatable bonds is 7. The number of primary amides is 1. The maximum atomic E-state index is 11.6. The highest BCUT2D eigenvalue weighted by atomic mass is 35.5. The first-order chi connectivity index (χ1) is 8.44. The Morgan fingerprint density at radius 3 is 2.33 bits per heavy atom. The highest BCUT2D eigenvalue weighted by Gasteiger charge is 2.10. The molecule has 0 spiro atoms. The number of anilines is 1. The predicted molar refractivity (Wildman–Crippen MR) is 72.3 cm³/mol. The zero-order chi connectivity index (χ0) is 13.6. The lowest BCUT2D eigenvalue weighted by atomic mass is 10.2. The third kappa shape index (κ3) is 4.93. The van der Waals surface area contributed by atoms with Crippen LogP contribution in [-0.2, 0) is 10.0 Å². The van der Waals surface area contributed by atoms with Gasteiger partial charge in [-0.1, -0.05) is 0 Å². The van der Waals surface area contributed by atoms with E-state index in [1.165, 1.54) is 24.3 Å². The third-order valence-electron chi connectivity index (χ3n) is 2.24. The number of hydrogen-bond acceptors (Lipinski definition) is 3. The van der Waals surface area contributed by atoms with Gasteiger partial charge in [0, 0.05) is 17.1 Å². The fourth-order valence-electron chi connectivity index (χ4n) is 1.32. The topological polar surface area (TPSA) is 89.3 Å². The average molecular weight is 291 g/mol. The first-order valence-electron chi connectivity index (χ1n) is 5.41. The molecule has 0 saturated heterocycles. The quantitative estimate of drug-likeness (QED) is 0.590. The van der Waals surface area contributed by atoms with Crippen molar-refractivity contribution in [3.05, 3.63) is 29.8 Å². The van der Waals surface area contributed by atoms with Crippen LogP contribution in [-0.4, -0.2) is 26.0 Å². The summed E-state index contributed by atoms with van der Waals surface area (Å²) in [4.78, 5) is 10.8. The van der Waals surface area contributed by atoms with E-state index in [4.69, 9.17) is 17.3 Å². The first-order valence-corrected chi connectivity index (χ1v) is 7.59. The first kappa shape index (κ1) is 14.8. The molecule has 0 atom stereocenters. The number of nitrogens with two attached hydrogens (primary N) is 1. The molecule has 7 heteroatoms. The molecule has 0 radical (unpaired) electrons. The number of hydrogen-bond donors (Lipinski definition) is 2. The Bertz CT molecular complexity index is 500. The summed E-state index contributed by atoms with van der Waals surface area (Å²) in [6, 6.07) is 5.94. The van der Waals surface area contributed by atoms with E-state index in [-0.39, 0.29) is 5.75 Å². The van der Waals surface area contributed by atoms with Crippen LogP contribution in [0.25, 0.3) is 0 Å². The van der Waals surface area contributed by atoms with Gasteiger partial charge in [-0.05, 0) is 37.1 Å². The molecule has 1 amide bonds. The average Bonchev–Trinajstić information content (AvgIpc) is 2.29. The molecule has 18 heavy (non-hydrogen) atoms. The van der Waals surface area contributed by atoms with E-state index in [0.717, 1.165) is 0 Å². The summed E-state index contributed by atoms with van der Waals surface area (Å²) >= 11 is 5.48. The van der Waals surface area contributed by atoms with Crippen molar-refractivity contribution >= 4 is 33.2 Å². The number of amides is 1. The molecule has 0 aliphatic carbocycles. The van der Waals surface area contributed by atoms with Crippen molar-refractivity contribution in [1.82, 2.24) is 0 Å². The van der Waals surface area contributed by atoms with Crippen LogP contribution in [0.15, 0.2) is 24.3 Å². The summed E-state index contributed by atoms with van der Waals surface area (Å²) in [6.45, 7) is 0. The summed E-state index contributed by atoms with van der Waals surface area (Å²) in [5.41, 5.74) is 5.82. The number of benzene rings is 1. The molecule has 0 saturated carbocycles. The molecule has 0 fully saturated rings. The van der Waals surface area contributed by atoms with Crippen molar-refractivity contribution < 1.29 is 13.2 Å². The number of carbonyl (C=O) groups is 1. The van der Waals surface area contributed by atoms with E-state index >= 15 is 0 Å². The number of sulfonamides is 1. The second-order valence-corrected chi connectivity index (χ2v) is 5.98. The van der Waals surface area contributed by atoms with Gasteiger partial charge in [0.25, 0.3) is 0 Å².